The lowest BCUT2D eigenvalue weighted by Crippen LogP contribution is -2.27. The molecule has 0 radical (unpaired) electrons. The lowest BCUT2D eigenvalue weighted by molar-refractivity contribution is 0.0699. The van der Waals surface area contributed by atoms with Gasteiger partial charge in [-0.3, -0.25) is 4.98 Å². The summed E-state index contributed by atoms with van der Waals surface area (Å²) in [5, 5.41) is 10.1. The lowest BCUT2D eigenvalue weighted by atomic mass is 10.0. The van der Waals surface area contributed by atoms with Crippen molar-refractivity contribution >= 4 is 22.6 Å². The van der Waals surface area contributed by atoms with Gasteiger partial charge in [-0.05, 0) is 49.9 Å². The molecule has 2 saturated heterocycles. The molecule has 2 aliphatic heterocycles. The van der Waals surface area contributed by atoms with Gasteiger partial charge in [0.25, 0.3) is 0 Å². The third-order valence-corrected chi connectivity index (χ3v) is 4.71. The Morgan fingerprint density at radius 1 is 1.15 bits per heavy atom. The Kier molecular flexibility index (Phi) is 2.46. The third-order valence-electron chi connectivity index (χ3n) is 4.71. The highest BCUT2D eigenvalue weighted by Gasteiger charge is 2.39. The van der Waals surface area contributed by atoms with Crippen LogP contribution in [0.4, 0.5) is 5.69 Å². The zero-order valence-electron chi connectivity index (χ0n) is 11.1. The number of pyridine rings is 1. The molecular formula is C16H16N2O2. The Morgan fingerprint density at radius 3 is 2.50 bits per heavy atom. The van der Waals surface area contributed by atoms with Crippen molar-refractivity contribution in [3.8, 4) is 0 Å². The first-order valence-electron chi connectivity index (χ1n) is 7.14. The van der Waals surface area contributed by atoms with E-state index in [2.05, 4.69) is 16.0 Å². The molecule has 2 fully saturated rings. The molecule has 0 unspecified atom stereocenters. The molecule has 1 N–H and O–H groups in total. The van der Waals surface area contributed by atoms with E-state index in [0.29, 0.717) is 17.6 Å². The van der Waals surface area contributed by atoms with E-state index in [4.69, 9.17) is 0 Å². The standard InChI is InChI=1S/C16H16N2O2/c19-16(20)13-7-8-17-15-6-5-12(9-14(13)15)18-10-1-2-11(18)4-3-10/h5-11H,1-4H2,(H,19,20). The van der Waals surface area contributed by atoms with E-state index >= 15 is 0 Å². The van der Waals surface area contributed by atoms with Gasteiger partial charge in [-0.25, -0.2) is 4.79 Å². The Hall–Kier alpha value is -2.10. The molecule has 0 saturated carbocycles. The van der Waals surface area contributed by atoms with E-state index in [1.807, 2.05) is 12.1 Å². The van der Waals surface area contributed by atoms with Gasteiger partial charge in [0, 0.05) is 29.4 Å². The summed E-state index contributed by atoms with van der Waals surface area (Å²) >= 11 is 0. The van der Waals surface area contributed by atoms with Gasteiger partial charge in [-0.2, -0.15) is 0 Å². The maximum Gasteiger partial charge on any atom is 0.336 e. The van der Waals surface area contributed by atoms with E-state index in [-0.39, 0.29) is 0 Å². The molecule has 0 amide bonds. The van der Waals surface area contributed by atoms with E-state index in [9.17, 15) is 9.90 Å². The van der Waals surface area contributed by atoms with Gasteiger partial charge in [-0.1, -0.05) is 0 Å². The number of fused-ring (bicyclic) bond motifs is 3. The number of rotatable bonds is 2. The maximum absolute atomic E-state index is 11.3. The van der Waals surface area contributed by atoms with Crippen molar-refractivity contribution in [2.75, 3.05) is 4.90 Å². The number of carboxylic acid groups (broad SMARTS) is 1. The smallest absolute Gasteiger partial charge is 0.336 e. The molecular weight excluding hydrogens is 252 g/mol. The highest BCUT2D eigenvalue weighted by Crippen LogP contribution is 2.41. The van der Waals surface area contributed by atoms with Gasteiger partial charge in [0.05, 0.1) is 11.1 Å². The minimum absolute atomic E-state index is 0.336. The second-order valence-corrected chi connectivity index (χ2v) is 5.73. The highest BCUT2D eigenvalue weighted by atomic mass is 16.4. The van der Waals surface area contributed by atoms with Crippen LogP contribution in [0.5, 0.6) is 0 Å². The summed E-state index contributed by atoms with van der Waals surface area (Å²) in [6.07, 6.45) is 6.62. The summed E-state index contributed by atoms with van der Waals surface area (Å²) in [7, 11) is 0. The zero-order valence-corrected chi connectivity index (χ0v) is 11.1. The van der Waals surface area contributed by atoms with E-state index in [1.54, 1.807) is 12.3 Å². The average molecular weight is 268 g/mol. The summed E-state index contributed by atoms with van der Waals surface area (Å²) in [5.74, 6) is -0.890. The van der Waals surface area contributed by atoms with Crippen LogP contribution in [0.2, 0.25) is 0 Å². The van der Waals surface area contributed by atoms with Crippen LogP contribution in [0.15, 0.2) is 30.5 Å². The fraction of sp³-hybridized carbons (Fsp3) is 0.375. The number of aromatic carboxylic acids is 1. The topological polar surface area (TPSA) is 53.4 Å². The maximum atomic E-state index is 11.3. The van der Waals surface area contributed by atoms with Crippen LogP contribution in [0.1, 0.15) is 36.0 Å². The van der Waals surface area contributed by atoms with Crippen molar-refractivity contribution < 1.29 is 9.90 Å². The lowest BCUT2D eigenvalue weighted by Gasteiger charge is -2.25. The van der Waals surface area contributed by atoms with Gasteiger partial charge in [-0.15, -0.1) is 0 Å². The van der Waals surface area contributed by atoms with Crippen LogP contribution >= 0.6 is 0 Å². The molecule has 4 nitrogen and oxygen atoms in total. The predicted molar refractivity (Wildman–Crippen MR) is 77.2 cm³/mol. The largest absolute Gasteiger partial charge is 0.478 e. The molecule has 1 aromatic heterocycles. The molecule has 2 aromatic rings. The van der Waals surface area contributed by atoms with Crippen molar-refractivity contribution in [1.82, 2.24) is 4.98 Å². The predicted octanol–water partition coefficient (Wildman–Crippen LogP) is 3.06. The first-order valence-corrected chi connectivity index (χ1v) is 7.14. The summed E-state index contributed by atoms with van der Waals surface area (Å²) in [4.78, 5) is 18.1. The third kappa shape index (κ3) is 1.60. The molecule has 0 aliphatic carbocycles. The molecule has 0 atom stereocenters. The van der Waals surface area contributed by atoms with E-state index < -0.39 is 5.97 Å². The van der Waals surface area contributed by atoms with Crippen molar-refractivity contribution in [2.24, 2.45) is 0 Å². The number of benzene rings is 1. The Balaban J connectivity index is 1.86. The van der Waals surface area contributed by atoms with Gasteiger partial charge in [0.2, 0.25) is 0 Å². The molecule has 4 heteroatoms. The first-order chi connectivity index (χ1) is 9.74. The highest BCUT2D eigenvalue weighted by molar-refractivity contribution is 6.03. The summed E-state index contributed by atoms with van der Waals surface area (Å²) < 4.78 is 0. The molecule has 2 bridgehead atoms. The van der Waals surface area contributed by atoms with Gasteiger partial charge >= 0.3 is 5.97 Å². The van der Waals surface area contributed by atoms with Crippen LogP contribution in [-0.2, 0) is 0 Å². The Bertz CT molecular complexity index is 678. The number of aromatic nitrogens is 1. The Labute approximate surface area is 117 Å². The molecule has 1 aromatic carbocycles. The number of carboxylic acids is 1. The molecule has 4 rings (SSSR count). The second kappa shape index (κ2) is 4.20. The van der Waals surface area contributed by atoms with Crippen molar-refractivity contribution in [1.29, 1.82) is 0 Å². The van der Waals surface area contributed by atoms with Gasteiger partial charge in [0.1, 0.15) is 0 Å². The number of carbonyl (C=O) groups is 1. The van der Waals surface area contributed by atoms with Crippen LogP contribution < -0.4 is 4.90 Å². The van der Waals surface area contributed by atoms with Crippen molar-refractivity contribution in [3.05, 3.63) is 36.0 Å². The van der Waals surface area contributed by atoms with Crippen molar-refractivity contribution in [3.63, 3.8) is 0 Å². The average Bonchev–Trinajstić information content (AvgIpc) is 3.06. The number of nitrogens with zero attached hydrogens (tertiary/aromatic N) is 2. The number of anilines is 1. The molecule has 20 heavy (non-hydrogen) atoms. The quantitative estimate of drug-likeness (QED) is 0.909. The number of hydrogen-bond acceptors (Lipinski definition) is 3. The van der Waals surface area contributed by atoms with Crippen molar-refractivity contribution in [2.45, 2.75) is 37.8 Å². The monoisotopic (exact) mass is 268 g/mol. The van der Waals surface area contributed by atoms with Gasteiger partial charge in [0.15, 0.2) is 0 Å². The fourth-order valence-corrected chi connectivity index (χ4v) is 3.82. The normalized spacial score (nSPS) is 24.5. The van der Waals surface area contributed by atoms with Crippen LogP contribution in [0.25, 0.3) is 10.9 Å². The van der Waals surface area contributed by atoms with E-state index in [1.165, 1.54) is 25.7 Å². The first kappa shape index (κ1) is 11.7. The van der Waals surface area contributed by atoms with Gasteiger partial charge < -0.3 is 10.0 Å². The minimum Gasteiger partial charge on any atom is -0.478 e. The summed E-state index contributed by atoms with van der Waals surface area (Å²) in [5.41, 5.74) is 2.24. The Morgan fingerprint density at radius 2 is 1.85 bits per heavy atom. The van der Waals surface area contributed by atoms with Crippen LogP contribution in [0.3, 0.4) is 0 Å². The number of hydrogen-bond donors (Lipinski definition) is 1. The minimum atomic E-state index is -0.890. The fourth-order valence-electron chi connectivity index (χ4n) is 3.82. The molecule has 2 aliphatic rings. The van der Waals surface area contributed by atoms with E-state index in [0.717, 1.165) is 16.6 Å². The molecule has 0 spiro atoms. The summed E-state index contributed by atoms with van der Waals surface area (Å²) in [6, 6.07) is 8.88. The SMILES string of the molecule is O=C(O)c1ccnc2ccc(N3C4CCC3CC4)cc12. The van der Waals surface area contributed by atoms with Crippen LogP contribution in [0, 0.1) is 0 Å². The second-order valence-electron chi connectivity index (χ2n) is 5.73. The zero-order chi connectivity index (χ0) is 13.7. The summed E-state index contributed by atoms with van der Waals surface area (Å²) in [6.45, 7) is 0. The van der Waals surface area contributed by atoms with Crippen LogP contribution in [-0.4, -0.2) is 28.1 Å². The molecule has 3 heterocycles. The molecule has 102 valence electrons.